The van der Waals surface area contributed by atoms with E-state index in [-0.39, 0.29) is 0 Å². The lowest BCUT2D eigenvalue weighted by Crippen LogP contribution is -2.54. The van der Waals surface area contributed by atoms with Gasteiger partial charge in [0, 0.05) is 11.1 Å². The van der Waals surface area contributed by atoms with Crippen LogP contribution in [0.25, 0.3) is 10.9 Å². The summed E-state index contributed by atoms with van der Waals surface area (Å²) >= 11 is 0. The van der Waals surface area contributed by atoms with Crippen molar-refractivity contribution in [1.29, 1.82) is 0 Å². The van der Waals surface area contributed by atoms with Crippen molar-refractivity contribution < 1.29 is 9.53 Å². The molecule has 1 aromatic carbocycles. The molecule has 6 rings (SSSR count). The summed E-state index contributed by atoms with van der Waals surface area (Å²) in [4.78, 5) is 12.4. The van der Waals surface area contributed by atoms with Crippen LogP contribution in [0.1, 0.15) is 104 Å². The fraction of sp³-hybridized carbons (Fsp3) is 0.743. The van der Waals surface area contributed by atoms with Gasteiger partial charge in [-0.1, -0.05) is 53.9 Å². The van der Waals surface area contributed by atoms with Gasteiger partial charge in [-0.2, -0.15) is 0 Å². The number of fused-ring (bicyclic) bond motifs is 8. The van der Waals surface area contributed by atoms with Crippen LogP contribution in [0.3, 0.4) is 0 Å². The van der Waals surface area contributed by atoms with E-state index in [1.807, 2.05) is 10.6 Å². The number of methoxy groups -OCH3 is 1. The monoisotopic (exact) mass is 517 g/mol. The van der Waals surface area contributed by atoms with Gasteiger partial charge in [-0.25, -0.2) is 0 Å². The van der Waals surface area contributed by atoms with Gasteiger partial charge in [0.25, 0.3) is 0 Å². The van der Waals surface area contributed by atoms with E-state index in [9.17, 15) is 4.79 Å². The molecular weight excluding hydrogens is 466 g/mol. The van der Waals surface area contributed by atoms with Gasteiger partial charge in [-0.3, -0.25) is 9.36 Å². The van der Waals surface area contributed by atoms with Crippen molar-refractivity contribution >= 4 is 17.3 Å². The summed E-state index contributed by atoms with van der Waals surface area (Å²) in [7, 11) is 1.74. The highest BCUT2D eigenvalue weighted by atomic mass is 16.5. The zero-order valence-corrected chi connectivity index (χ0v) is 24.9. The topological polar surface area (TPSA) is 31.2 Å². The Morgan fingerprint density at radius 3 is 2.55 bits per heavy atom. The van der Waals surface area contributed by atoms with E-state index in [0.717, 1.165) is 71.9 Å². The number of rotatable bonds is 7. The number of aromatic nitrogens is 1. The molecular formula is C35H51NO2. The Hall–Kier alpha value is -1.77. The summed E-state index contributed by atoms with van der Waals surface area (Å²) in [6.07, 6.45) is 16.0. The quantitative estimate of drug-likeness (QED) is 0.344. The minimum absolute atomic E-state index is 0.303. The molecule has 0 radical (unpaired) electrons. The van der Waals surface area contributed by atoms with Crippen LogP contribution in [0, 0.1) is 52.3 Å². The van der Waals surface area contributed by atoms with E-state index >= 15 is 0 Å². The zero-order chi connectivity index (χ0) is 26.8. The van der Waals surface area contributed by atoms with Crippen molar-refractivity contribution in [3.05, 3.63) is 29.5 Å². The van der Waals surface area contributed by atoms with Gasteiger partial charge in [-0.15, -0.1) is 0 Å². The zero-order valence-electron chi connectivity index (χ0n) is 24.9. The van der Waals surface area contributed by atoms with Gasteiger partial charge < -0.3 is 4.74 Å². The van der Waals surface area contributed by atoms with Gasteiger partial charge in [0.1, 0.15) is 5.75 Å². The van der Waals surface area contributed by atoms with Crippen molar-refractivity contribution in [3.8, 4) is 5.75 Å². The second-order valence-corrected chi connectivity index (χ2v) is 14.9. The number of hydrogen-bond donors (Lipinski definition) is 0. The van der Waals surface area contributed by atoms with Crippen LogP contribution in [-0.4, -0.2) is 18.1 Å². The maximum absolute atomic E-state index is 12.4. The number of hydrogen-bond acceptors (Lipinski definition) is 2. The molecule has 4 aliphatic rings. The fourth-order valence-corrected chi connectivity index (χ4v) is 10.9. The summed E-state index contributed by atoms with van der Waals surface area (Å²) in [5, 5.41) is 1.23. The largest absolute Gasteiger partial charge is 0.497 e. The van der Waals surface area contributed by atoms with E-state index in [1.54, 1.807) is 7.11 Å². The minimum Gasteiger partial charge on any atom is -0.497 e. The minimum atomic E-state index is 0.303. The Balaban J connectivity index is 1.27. The molecule has 0 amide bonds. The molecule has 3 nitrogen and oxygen atoms in total. The maximum atomic E-state index is 12.4. The first-order chi connectivity index (χ1) is 18.2. The molecule has 0 spiro atoms. The predicted molar refractivity (Wildman–Crippen MR) is 157 cm³/mol. The first kappa shape index (κ1) is 26.5. The van der Waals surface area contributed by atoms with Crippen molar-refractivity contribution in [2.75, 3.05) is 7.11 Å². The summed E-state index contributed by atoms with van der Waals surface area (Å²) in [6, 6.07) is 6.25. The molecule has 3 fully saturated rings. The SMILES string of the molecule is COc1ccc2c(c1)c1c(n2C=O)CC2(C)C(CCC3C2CCC2(C)C(C(C)CCCC(C)C)CCC32)C1. The number of benzene rings is 1. The van der Waals surface area contributed by atoms with Crippen molar-refractivity contribution in [2.45, 2.75) is 105 Å². The molecule has 0 N–H and O–H groups in total. The molecule has 2 aromatic rings. The first-order valence-electron chi connectivity index (χ1n) is 15.9. The Bertz CT molecular complexity index is 1190. The van der Waals surface area contributed by atoms with E-state index in [0.29, 0.717) is 10.8 Å². The molecule has 1 aromatic heterocycles. The molecule has 0 bridgehead atoms. The lowest BCUT2D eigenvalue weighted by atomic mass is 9.44. The van der Waals surface area contributed by atoms with Crippen LogP contribution in [0.5, 0.6) is 5.75 Å². The Labute approximate surface area is 231 Å². The summed E-state index contributed by atoms with van der Waals surface area (Å²) in [6.45, 7) is 12.6. The lowest BCUT2D eigenvalue weighted by Gasteiger charge is -2.60. The Morgan fingerprint density at radius 2 is 1.82 bits per heavy atom. The molecule has 0 aliphatic heterocycles. The van der Waals surface area contributed by atoms with Crippen LogP contribution >= 0.6 is 0 Å². The third-order valence-corrected chi connectivity index (χ3v) is 12.8. The van der Waals surface area contributed by atoms with Crippen LogP contribution in [-0.2, 0) is 17.6 Å². The Kier molecular flexibility index (Phi) is 6.75. The summed E-state index contributed by atoms with van der Waals surface area (Å²) in [5.74, 6) is 6.80. The number of carbonyl (C=O) groups is 1. The molecule has 3 saturated carbocycles. The lowest BCUT2D eigenvalue weighted by molar-refractivity contribution is -0.103. The molecule has 38 heavy (non-hydrogen) atoms. The molecule has 0 saturated heterocycles. The Morgan fingerprint density at radius 1 is 1.03 bits per heavy atom. The van der Waals surface area contributed by atoms with Gasteiger partial charge in [0.15, 0.2) is 0 Å². The third kappa shape index (κ3) is 3.92. The van der Waals surface area contributed by atoms with Crippen LogP contribution in [0.4, 0.5) is 0 Å². The molecule has 8 atom stereocenters. The standard InChI is InChI=1S/C35H51NO2/c1-22(2)8-7-9-23(3)29-13-14-30-26-12-10-24-18-27-28-19-25(38-6)11-15-32(28)36(21-37)33(27)20-35(24,5)31(26)16-17-34(29,30)4/h11,15,19,21-24,26,29-31H,7-10,12-14,16-18,20H2,1-6H3. The second kappa shape index (κ2) is 9.70. The van der Waals surface area contributed by atoms with Gasteiger partial charge in [0.2, 0.25) is 6.41 Å². The second-order valence-electron chi connectivity index (χ2n) is 14.9. The van der Waals surface area contributed by atoms with Gasteiger partial charge >= 0.3 is 0 Å². The van der Waals surface area contributed by atoms with E-state index in [1.165, 1.54) is 74.4 Å². The van der Waals surface area contributed by atoms with Crippen LogP contribution < -0.4 is 4.74 Å². The highest BCUT2D eigenvalue weighted by molar-refractivity contribution is 5.91. The fourth-order valence-electron chi connectivity index (χ4n) is 10.9. The van der Waals surface area contributed by atoms with E-state index in [4.69, 9.17) is 4.74 Å². The highest BCUT2D eigenvalue weighted by Crippen LogP contribution is 2.68. The van der Waals surface area contributed by atoms with Crippen molar-refractivity contribution in [1.82, 2.24) is 4.57 Å². The summed E-state index contributed by atoms with van der Waals surface area (Å²) < 4.78 is 7.54. The third-order valence-electron chi connectivity index (χ3n) is 12.8. The van der Waals surface area contributed by atoms with E-state index < -0.39 is 0 Å². The number of nitrogens with zero attached hydrogens (tertiary/aromatic N) is 1. The molecule has 3 heteroatoms. The first-order valence-corrected chi connectivity index (χ1v) is 15.9. The van der Waals surface area contributed by atoms with Crippen LogP contribution in [0.15, 0.2) is 18.2 Å². The maximum Gasteiger partial charge on any atom is 0.218 e. The molecule has 1 heterocycles. The van der Waals surface area contributed by atoms with Crippen LogP contribution in [0.2, 0.25) is 0 Å². The van der Waals surface area contributed by atoms with Crippen molar-refractivity contribution in [2.24, 2.45) is 52.3 Å². The van der Waals surface area contributed by atoms with Gasteiger partial charge in [-0.05, 0) is 127 Å². The highest BCUT2D eigenvalue weighted by Gasteiger charge is 2.60. The van der Waals surface area contributed by atoms with Gasteiger partial charge in [0.05, 0.1) is 12.6 Å². The number of ether oxygens (including phenoxy) is 1. The molecule has 208 valence electrons. The average molecular weight is 518 g/mol. The smallest absolute Gasteiger partial charge is 0.218 e. The summed E-state index contributed by atoms with van der Waals surface area (Å²) in [5.41, 5.74) is 4.61. The van der Waals surface area contributed by atoms with Crippen molar-refractivity contribution in [3.63, 3.8) is 0 Å². The van der Waals surface area contributed by atoms with E-state index in [2.05, 4.69) is 46.8 Å². The molecule has 8 unspecified atom stereocenters. The molecule has 4 aliphatic carbocycles. The average Bonchev–Trinajstić information content (AvgIpc) is 3.40. The normalized spacial score (nSPS) is 36.9. The predicted octanol–water partition coefficient (Wildman–Crippen LogP) is 8.72. The number of carbonyl (C=O) groups excluding carboxylic acids is 1.